The number of allylic oxidation sites excluding steroid dienone is 2. The van der Waals surface area contributed by atoms with Crippen LogP contribution >= 0.6 is 0 Å². The van der Waals surface area contributed by atoms with Crippen molar-refractivity contribution in [2.75, 3.05) is 19.5 Å². The van der Waals surface area contributed by atoms with Crippen LogP contribution in [0, 0.1) is 5.92 Å². The second-order valence-electron chi connectivity index (χ2n) is 8.03. The van der Waals surface area contributed by atoms with E-state index in [2.05, 4.69) is 71.0 Å². The summed E-state index contributed by atoms with van der Waals surface area (Å²) in [5, 5.41) is 3.78. The minimum atomic E-state index is 0.304. The van der Waals surface area contributed by atoms with Gasteiger partial charge in [0.05, 0.1) is 25.9 Å². The predicted octanol–water partition coefficient (Wildman–Crippen LogP) is 6.28. The molecule has 156 valence electrons. The monoisotopic (exact) mass is 410 g/mol. The third kappa shape index (κ3) is 3.70. The first kappa shape index (κ1) is 19.4. The van der Waals surface area contributed by atoms with Crippen molar-refractivity contribution in [2.45, 2.75) is 18.4 Å². The Hall–Kier alpha value is -3.53. The summed E-state index contributed by atoms with van der Waals surface area (Å²) in [5.41, 5.74) is 5.85. The van der Waals surface area contributed by atoms with E-state index in [0.29, 0.717) is 29.4 Å². The van der Waals surface area contributed by atoms with Crippen LogP contribution in [-0.2, 0) is 0 Å². The molecule has 1 aliphatic heterocycles. The average molecular weight is 411 g/mol. The maximum absolute atomic E-state index is 5.37. The molecule has 0 bridgehead atoms. The highest BCUT2D eigenvalue weighted by Gasteiger charge is 2.37. The lowest BCUT2D eigenvalue weighted by Crippen LogP contribution is -2.28. The minimum absolute atomic E-state index is 0.304. The molecule has 3 aromatic carbocycles. The van der Waals surface area contributed by atoms with Crippen LogP contribution in [0.25, 0.3) is 0 Å². The van der Waals surface area contributed by atoms with Gasteiger partial charge in [0.1, 0.15) is 0 Å². The fraction of sp³-hybridized carbons (Fsp3) is 0.222. The number of para-hydroxylation sites is 1. The maximum atomic E-state index is 5.37. The zero-order chi connectivity index (χ0) is 21.2. The standard InChI is InChI=1S/C27H26N2O2/c1-30-25-15-10-18(16-26(25)31-2)17-28-20-13-11-19(12-14-20)27-23-8-5-7-21(23)22-6-3-4-9-24(22)29-27/h3-7,9-17,21,23,27,29H,8H2,1-2H3/t21-,23-,27+/m1/s1. The van der Waals surface area contributed by atoms with E-state index in [0.717, 1.165) is 17.7 Å². The molecule has 2 aliphatic rings. The molecule has 0 fully saturated rings. The Bertz CT molecular complexity index is 1130. The van der Waals surface area contributed by atoms with Crippen LogP contribution in [0.5, 0.6) is 11.5 Å². The zero-order valence-corrected chi connectivity index (χ0v) is 17.8. The lowest BCUT2D eigenvalue weighted by atomic mass is 9.77. The summed E-state index contributed by atoms with van der Waals surface area (Å²) in [4.78, 5) is 4.64. The summed E-state index contributed by atoms with van der Waals surface area (Å²) in [6, 6.07) is 23.3. The van der Waals surface area contributed by atoms with Gasteiger partial charge in [0.25, 0.3) is 0 Å². The van der Waals surface area contributed by atoms with Crippen LogP contribution in [0.4, 0.5) is 11.4 Å². The van der Waals surface area contributed by atoms with E-state index >= 15 is 0 Å². The van der Waals surface area contributed by atoms with Gasteiger partial charge in [-0.25, -0.2) is 0 Å². The second-order valence-corrected chi connectivity index (χ2v) is 8.03. The Balaban J connectivity index is 1.35. The van der Waals surface area contributed by atoms with Crippen molar-refractivity contribution < 1.29 is 9.47 Å². The van der Waals surface area contributed by atoms with E-state index in [1.165, 1.54) is 16.8 Å². The van der Waals surface area contributed by atoms with Crippen molar-refractivity contribution in [3.63, 3.8) is 0 Å². The van der Waals surface area contributed by atoms with Crippen LogP contribution in [0.3, 0.4) is 0 Å². The summed E-state index contributed by atoms with van der Waals surface area (Å²) in [5.74, 6) is 2.46. The molecule has 5 rings (SSSR count). The lowest BCUT2D eigenvalue weighted by molar-refractivity contribution is 0.355. The number of benzene rings is 3. The van der Waals surface area contributed by atoms with Gasteiger partial charge >= 0.3 is 0 Å². The number of aliphatic imine (C=N–C) groups is 1. The van der Waals surface area contributed by atoms with Crippen LogP contribution in [0.1, 0.15) is 35.1 Å². The number of nitrogens with zero attached hydrogens (tertiary/aromatic N) is 1. The van der Waals surface area contributed by atoms with Crippen LogP contribution in [-0.4, -0.2) is 20.4 Å². The van der Waals surface area contributed by atoms with Crippen molar-refractivity contribution in [1.82, 2.24) is 0 Å². The van der Waals surface area contributed by atoms with Crippen molar-refractivity contribution >= 4 is 17.6 Å². The molecule has 0 radical (unpaired) electrons. The third-order valence-corrected chi connectivity index (χ3v) is 6.29. The fourth-order valence-corrected chi connectivity index (χ4v) is 4.72. The minimum Gasteiger partial charge on any atom is -0.493 e. The van der Waals surface area contributed by atoms with Gasteiger partial charge in [-0.05, 0) is 65.4 Å². The second kappa shape index (κ2) is 8.31. The predicted molar refractivity (Wildman–Crippen MR) is 126 cm³/mol. The molecule has 4 nitrogen and oxygen atoms in total. The largest absolute Gasteiger partial charge is 0.493 e. The van der Waals surface area contributed by atoms with E-state index in [9.17, 15) is 0 Å². The number of rotatable bonds is 5. The summed E-state index contributed by atoms with van der Waals surface area (Å²) in [6.07, 6.45) is 7.66. The van der Waals surface area contributed by atoms with Crippen molar-refractivity contribution in [3.8, 4) is 11.5 Å². The molecule has 0 saturated heterocycles. The number of hydrogen-bond acceptors (Lipinski definition) is 4. The third-order valence-electron chi connectivity index (χ3n) is 6.29. The maximum Gasteiger partial charge on any atom is 0.161 e. The zero-order valence-electron chi connectivity index (χ0n) is 17.8. The Kier molecular flexibility index (Phi) is 5.21. The Morgan fingerprint density at radius 3 is 2.55 bits per heavy atom. The number of ether oxygens (including phenoxy) is 2. The fourth-order valence-electron chi connectivity index (χ4n) is 4.72. The first-order valence-corrected chi connectivity index (χ1v) is 10.6. The highest BCUT2D eigenvalue weighted by atomic mass is 16.5. The van der Waals surface area contributed by atoms with E-state index in [1.54, 1.807) is 14.2 Å². The normalized spacial score (nSPS) is 21.4. The van der Waals surface area contributed by atoms with E-state index in [-0.39, 0.29) is 0 Å². The Morgan fingerprint density at radius 1 is 0.935 bits per heavy atom. The number of hydrogen-bond donors (Lipinski definition) is 1. The number of fused-ring (bicyclic) bond motifs is 3. The lowest BCUT2D eigenvalue weighted by Gasteiger charge is -2.37. The van der Waals surface area contributed by atoms with Crippen LogP contribution < -0.4 is 14.8 Å². The van der Waals surface area contributed by atoms with Gasteiger partial charge in [-0.2, -0.15) is 0 Å². The van der Waals surface area contributed by atoms with E-state index < -0.39 is 0 Å². The van der Waals surface area contributed by atoms with Crippen molar-refractivity contribution in [2.24, 2.45) is 10.9 Å². The van der Waals surface area contributed by atoms with E-state index in [1.807, 2.05) is 24.4 Å². The molecule has 0 aromatic heterocycles. The van der Waals surface area contributed by atoms with Gasteiger partial charge in [-0.15, -0.1) is 0 Å². The van der Waals surface area contributed by atoms with Gasteiger partial charge in [0.15, 0.2) is 11.5 Å². The van der Waals surface area contributed by atoms with Gasteiger partial charge in [0.2, 0.25) is 0 Å². The van der Waals surface area contributed by atoms with Gasteiger partial charge < -0.3 is 14.8 Å². The highest BCUT2D eigenvalue weighted by Crippen LogP contribution is 2.49. The van der Waals surface area contributed by atoms with Crippen LogP contribution in [0.2, 0.25) is 0 Å². The average Bonchev–Trinajstić information content (AvgIpc) is 3.33. The molecule has 0 unspecified atom stereocenters. The van der Waals surface area contributed by atoms with Crippen molar-refractivity contribution in [1.29, 1.82) is 0 Å². The van der Waals surface area contributed by atoms with E-state index in [4.69, 9.17) is 9.47 Å². The molecule has 1 heterocycles. The molecule has 0 saturated carbocycles. The summed E-state index contributed by atoms with van der Waals surface area (Å²) in [7, 11) is 3.27. The molecule has 1 N–H and O–H groups in total. The van der Waals surface area contributed by atoms with Gasteiger partial charge in [-0.3, -0.25) is 4.99 Å². The Morgan fingerprint density at radius 2 is 1.74 bits per heavy atom. The summed E-state index contributed by atoms with van der Waals surface area (Å²) in [6.45, 7) is 0. The molecule has 3 aromatic rings. The highest BCUT2D eigenvalue weighted by molar-refractivity contribution is 5.83. The number of anilines is 1. The SMILES string of the molecule is COc1ccc(C=Nc2ccc([C@@H]3Nc4ccccc4[C@H]4C=CC[C@H]43)cc2)cc1OC. The van der Waals surface area contributed by atoms with Gasteiger partial charge in [0, 0.05) is 17.8 Å². The van der Waals surface area contributed by atoms with Gasteiger partial charge in [-0.1, -0.05) is 42.5 Å². The molecule has 31 heavy (non-hydrogen) atoms. The summed E-state index contributed by atoms with van der Waals surface area (Å²) >= 11 is 0. The quantitative estimate of drug-likeness (QED) is 0.397. The Labute approximate surface area is 183 Å². The number of methoxy groups -OCH3 is 2. The first-order valence-electron chi connectivity index (χ1n) is 10.6. The number of nitrogens with one attached hydrogen (secondary N) is 1. The molecule has 3 atom stereocenters. The summed E-state index contributed by atoms with van der Waals surface area (Å²) < 4.78 is 10.7. The molecule has 4 heteroatoms. The molecule has 0 spiro atoms. The smallest absolute Gasteiger partial charge is 0.161 e. The van der Waals surface area contributed by atoms with Crippen LogP contribution in [0.15, 0.2) is 83.9 Å². The molecule has 1 aliphatic carbocycles. The molecular formula is C27H26N2O2. The first-order chi connectivity index (χ1) is 15.3. The molecular weight excluding hydrogens is 384 g/mol. The molecule has 0 amide bonds. The van der Waals surface area contributed by atoms with Crippen molar-refractivity contribution in [3.05, 3.63) is 95.6 Å². The topological polar surface area (TPSA) is 42.8 Å².